The van der Waals surface area contributed by atoms with Crippen LogP contribution in [0.2, 0.25) is 0 Å². The summed E-state index contributed by atoms with van der Waals surface area (Å²) in [5, 5.41) is 0. The van der Waals surface area contributed by atoms with Crippen molar-refractivity contribution >= 4 is 17.9 Å². The predicted octanol–water partition coefficient (Wildman–Crippen LogP) is 20.3. The molecule has 0 radical (unpaired) electrons. The Balaban J connectivity index is 4.34. The van der Waals surface area contributed by atoms with Crippen LogP contribution in [0.4, 0.5) is 0 Å². The Morgan fingerprint density at radius 1 is 0.310 bits per heavy atom. The lowest BCUT2D eigenvalue weighted by atomic mass is 10.0. The number of unbranched alkanes of at least 4 members (excludes halogenated alkanes) is 30. The van der Waals surface area contributed by atoms with E-state index in [0.717, 1.165) is 83.5 Å². The molecule has 0 aliphatic heterocycles. The first-order valence-corrected chi connectivity index (χ1v) is 30.1. The van der Waals surface area contributed by atoms with Crippen LogP contribution in [0, 0.1) is 0 Å². The van der Waals surface area contributed by atoms with E-state index in [2.05, 4.69) is 93.7 Å². The number of hydrogen-bond donors (Lipinski definition) is 0. The zero-order valence-corrected chi connectivity index (χ0v) is 46.7. The second-order valence-corrected chi connectivity index (χ2v) is 19.9. The average Bonchev–Trinajstić information content (AvgIpc) is 3.37. The number of hydrogen-bond acceptors (Lipinski definition) is 6. The van der Waals surface area contributed by atoms with Crippen molar-refractivity contribution in [3.63, 3.8) is 0 Å². The van der Waals surface area contributed by atoms with Crippen LogP contribution < -0.4 is 0 Å². The number of esters is 3. The summed E-state index contributed by atoms with van der Waals surface area (Å²) in [5.41, 5.74) is 0. The zero-order chi connectivity index (χ0) is 51.4. The van der Waals surface area contributed by atoms with Gasteiger partial charge in [0.15, 0.2) is 6.10 Å². The summed E-state index contributed by atoms with van der Waals surface area (Å²) in [6.07, 6.45) is 77.6. The Labute approximate surface area is 439 Å². The summed E-state index contributed by atoms with van der Waals surface area (Å²) in [6, 6.07) is 0. The first-order chi connectivity index (χ1) is 35.0. The standard InChI is InChI=1S/C65H112O6/c1-4-7-10-13-16-19-22-25-27-28-29-30-31-32-33-34-35-36-38-40-43-46-49-52-55-58-64(67)70-61-62(60-69-63(66)57-54-51-48-45-42-39-24-21-18-15-12-9-6-3)71-65(68)59-56-53-50-47-44-41-37-26-23-20-17-14-11-8-5-2/h8,11,17,20-21,24,26,28-29,37,44,47,53,56,62H,4-7,9-10,12-16,18-19,22-23,25,27,30-36,38-43,45-46,48-52,54-55,57-61H2,1-3H3/b11-8-,20-17-,24-21-,29-28-,37-26-,47-44-,56-53-. The maximum Gasteiger partial charge on any atom is 0.310 e. The topological polar surface area (TPSA) is 78.9 Å². The van der Waals surface area contributed by atoms with E-state index in [1.54, 1.807) is 6.08 Å². The molecule has 6 nitrogen and oxygen atoms in total. The van der Waals surface area contributed by atoms with Crippen LogP contribution in [0.5, 0.6) is 0 Å². The molecular formula is C65H112O6. The molecule has 0 bridgehead atoms. The summed E-state index contributed by atoms with van der Waals surface area (Å²) in [5.74, 6) is -1.05. The molecular weight excluding hydrogens is 877 g/mol. The summed E-state index contributed by atoms with van der Waals surface area (Å²) < 4.78 is 16.7. The van der Waals surface area contributed by atoms with Gasteiger partial charge in [-0.1, -0.05) is 260 Å². The molecule has 0 aliphatic carbocycles. The quantitative estimate of drug-likeness (QED) is 0.0261. The van der Waals surface area contributed by atoms with E-state index in [-0.39, 0.29) is 31.6 Å². The maximum atomic E-state index is 12.8. The van der Waals surface area contributed by atoms with Gasteiger partial charge >= 0.3 is 17.9 Å². The number of rotatable bonds is 54. The molecule has 0 aromatic heterocycles. The monoisotopic (exact) mass is 989 g/mol. The summed E-state index contributed by atoms with van der Waals surface area (Å²) in [6.45, 7) is 6.44. The Hall–Kier alpha value is -3.41. The highest BCUT2D eigenvalue weighted by Gasteiger charge is 2.19. The predicted molar refractivity (Wildman–Crippen MR) is 307 cm³/mol. The molecule has 0 saturated carbocycles. The molecule has 0 rings (SSSR count). The molecule has 0 saturated heterocycles. The Morgan fingerprint density at radius 3 is 0.930 bits per heavy atom. The van der Waals surface area contributed by atoms with Gasteiger partial charge in [-0.05, 0) is 96.3 Å². The summed E-state index contributed by atoms with van der Waals surface area (Å²) in [7, 11) is 0. The van der Waals surface area contributed by atoms with Crippen molar-refractivity contribution in [2.75, 3.05) is 13.2 Å². The molecule has 408 valence electrons. The molecule has 0 fully saturated rings. The van der Waals surface area contributed by atoms with Crippen molar-refractivity contribution in [3.8, 4) is 0 Å². The second kappa shape index (κ2) is 59.2. The van der Waals surface area contributed by atoms with Gasteiger partial charge in [-0.25, -0.2) is 0 Å². The molecule has 0 spiro atoms. The SMILES string of the molecule is CC/C=C\C/C=C\C/C=C\C/C=C\C/C=C\CC(=O)OC(COC(=O)CCCCCCC/C=C\CCCCCC)COC(=O)CCCCCCCCCCCCCCC/C=C\CCCCCCCCCC. The molecule has 6 heteroatoms. The van der Waals surface area contributed by atoms with Gasteiger partial charge in [-0.15, -0.1) is 0 Å². The molecule has 0 heterocycles. The van der Waals surface area contributed by atoms with Gasteiger partial charge in [0.2, 0.25) is 0 Å². The number of carbonyl (C=O) groups is 3. The van der Waals surface area contributed by atoms with Crippen molar-refractivity contribution in [2.45, 2.75) is 297 Å². The Kier molecular flexibility index (Phi) is 56.3. The summed E-state index contributed by atoms with van der Waals surface area (Å²) >= 11 is 0. The Bertz CT molecular complexity index is 1370. The van der Waals surface area contributed by atoms with Crippen molar-refractivity contribution in [3.05, 3.63) is 85.1 Å². The molecule has 71 heavy (non-hydrogen) atoms. The minimum Gasteiger partial charge on any atom is -0.462 e. The van der Waals surface area contributed by atoms with Crippen molar-refractivity contribution in [1.29, 1.82) is 0 Å². The number of carbonyl (C=O) groups excluding carboxylic acids is 3. The van der Waals surface area contributed by atoms with Gasteiger partial charge in [-0.3, -0.25) is 14.4 Å². The molecule has 0 aromatic carbocycles. The molecule has 1 atom stereocenters. The first kappa shape index (κ1) is 67.6. The third kappa shape index (κ3) is 57.4. The molecule has 0 N–H and O–H groups in total. The minimum atomic E-state index is -0.834. The van der Waals surface area contributed by atoms with Crippen LogP contribution in [0.15, 0.2) is 85.1 Å². The van der Waals surface area contributed by atoms with E-state index < -0.39 is 12.1 Å². The third-order valence-corrected chi connectivity index (χ3v) is 12.9. The number of allylic oxidation sites excluding steroid dienone is 13. The molecule has 0 amide bonds. The van der Waals surface area contributed by atoms with E-state index in [9.17, 15) is 14.4 Å². The fraction of sp³-hybridized carbons (Fsp3) is 0.738. The van der Waals surface area contributed by atoms with E-state index in [1.807, 2.05) is 6.08 Å². The second-order valence-electron chi connectivity index (χ2n) is 19.9. The smallest absolute Gasteiger partial charge is 0.310 e. The van der Waals surface area contributed by atoms with Crippen molar-refractivity contribution in [2.24, 2.45) is 0 Å². The van der Waals surface area contributed by atoms with Crippen molar-refractivity contribution in [1.82, 2.24) is 0 Å². The van der Waals surface area contributed by atoms with E-state index in [0.29, 0.717) is 12.8 Å². The first-order valence-electron chi connectivity index (χ1n) is 30.1. The Morgan fingerprint density at radius 2 is 0.592 bits per heavy atom. The number of ether oxygens (including phenoxy) is 3. The van der Waals surface area contributed by atoms with Gasteiger partial charge < -0.3 is 14.2 Å². The van der Waals surface area contributed by atoms with Crippen molar-refractivity contribution < 1.29 is 28.6 Å². The largest absolute Gasteiger partial charge is 0.462 e. The van der Waals surface area contributed by atoms with Crippen LogP contribution in [-0.4, -0.2) is 37.2 Å². The fourth-order valence-electron chi connectivity index (χ4n) is 8.39. The van der Waals surface area contributed by atoms with Gasteiger partial charge in [0.25, 0.3) is 0 Å². The molecule has 0 aromatic rings. The van der Waals surface area contributed by atoms with E-state index in [4.69, 9.17) is 14.2 Å². The highest BCUT2D eigenvalue weighted by Crippen LogP contribution is 2.16. The highest BCUT2D eigenvalue weighted by molar-refractivity contribution is 5.72. The lowest BCUT2D eigenvalue weighted by Crippen LogP contribution is -2.30. The molecule has 0 aliphatic rings. The highest BCUT2D eigenvalue weighted by atomic mass is 16.6. The minimum absolute atomic E-state index is 0.0956. The van der Waals surface area contributed by atoms with Crippen LogP contribution in [-0.2, 0) is 28.6 Å². The zero-order valence-electron chi connectivity index (χ0n) is 46.7. The molecule has 1 unspecified atom stereocenters. The van der Waals surface area contributed by atoms with Crippen LogP contribution in [0.3, 0.4) is 0 Å². The lowest BCUT2D eigenvalue weighted by Gasteiger charge is -2.18. The third-order valence-electron chi connectivity index (χ3n) is 12.9. The lowest BCUT2D eigenvalue weighted by molar-refractivity contribution is -0.166. The fourth-order valence-corrected chi connectivity index (χ4v) is 8.39. The van der Waals surface area contributed by atoms with Gasteiger partial charge in [-0.2, -0.15) is 0 Å². The van der Waals surface area contributed by atoms with Crippen LogP contribution in [0.25, 0.3) is 0 Å². The van der Waals surface area contributed by atoms with Gasteiger partial charge in [0.1, 0.15) is 13.2 Å². The van der Waals surface area contributed by atoms with Gasteiger partial charge in [0, 0.05) is 12.8 Å². The van der Waals surface area contributed by atoms with Crippen LogP contribution in [0.1, 0.15) is 290 Å². The average molecular weight is 990 g/mol. The van der Waals surface area contributed by atoms with E-state index >= 15 is 0 Å². The van der Waals surface area contributed by atoms with Crippen LogP contribution >= 0.6 is 0 Å². The van der Waals surface area contributed by atoms with Gasteiger partial charge in [0.05, 0.1) is 6.42 Å². The van der Waals surface area contributed by atoms with E-state index in [1.165, 1.54) is 167 Å². The normalized spacial score (nSPS) is 12.7. The maximum absolute atomic E-state index is 12.8. The summed E-state index contributed by atoms with van der Waals surface area (Å²) in [4.78, 5) is 38.1.